The van der Waals surface area contributed by atoms with Gasteiger partial charge in [0.05, 0.1) is 5.56 Å². The van der Waals surface area contributed by atoms with Gasteiger partial charge in [0.2, 0.25) is 5.91 Å². The number of nitrogens with one attached hydrogen (secondary N) is 1. The van der Waals surface area contributed by atoms with Crippen LogP contribution < -0.4 is 5.32 Å². The Hall–Kier alpha value is -2.83. The Morgan fingerprint density at radius 2 is 1.56 bits per heavy atom. The second-order valence-corrected chi connectivity index (χ2v) is 5.61. The van der Waals surface area contributed by atoms with Crippen LogP contribution in [0.4, 0.5) is 18.9 Å². The van der Waals surface area contributed by atoms with Crippen molar-refractivity contribution in [2.24, 2.45) is 0 Å². The van der Waals surface area contributed by atoms with Crippen molar-refractivity contribution in [3.05, 3.63) is 65.2 Å². The molecule has 7 heteroatoms. The monoisotopic (exact) mass is 350 g/mol. The number of carbonyl (C=O) groups excluding carboxylic acids is 2. The molecule has 2 rings (SSSR count). The van der Waals surface area contributed by atoms with Crippen LogP contribution in [0.25, 0.3) is 0 Å². The third kappa shape index (κ3) is 5.07. The molecular formula is C18H17F3N2O2. The van der Waals surface area contributed by atoms with Crippen LogP contribution in [0.15, 0.2) is 48.5 Å². The molecule has 0 spiro atoms. The molecule has 0 bridgehead atoms. The Morgan fingerprint density at radius 3 is 2.04 bits per heavy atom. The summed E-state index contributed by atoms with van der Waals surface area (Å²) in [5.41, 5.74) is 0.871. The van der Waals surface area contributed by atoms with E-state index in [1.54, 1.807) is 31.3 Å². The molecule has 0 saturated heterocycles. The largest absolute Gasteiger partial charge is 0.416 e. The van der Waals surface area contributed by atoms with Gasteiger partial charge in [-0.25, -0.2) is 0 Å². The number of carbonyl (C=O) groups is 2. The van der Waals surface area contributed by atoms with Crippen LogP contribution in [-0.2, 0) is 17.5 Å². The van der Waals surface area contributed by atoms with Gasteiger partial charge >= 0.3 is 6.18 Å². The lowest BCUT2D eigenvalue weighted by molar-refractivity contribution is -0.137. The predicted octanol–water partition coefficient (Wildman–Crippen LogP) is 3.94. The molecule has 0 radical (unpaired) electrons. The van der Waals surface area contributed by atoms with Crippen molar-refractivity contribution in [1.29, 1.82) is 0 Å². The first kappa shape index (κ1) is 18.5. The van der Waals surface area contributed by atoms with Crippen LogP contribution in [0.5, 0.6) is 0 Å². The Kier molecular flexibility index (Phi) is 5.46. The molecule has 4 nitrogen and oxygen atoms in total. The number of benzene rings is 2. The third-order valence-corrected chi connectivity index (χ3v) is 3.50. The number of alkyl halides is 3. The molecule has 25 heavy (non-hydrogen) atoms. The average molecular weight is 350 g/mol. The number of amides is 2. The van der Waals surface area contributed by atoms with Gasteiger partial charge in [-0.2, -0.15) is 13.2 Å². The molecule has 0 heterocycles. The summed E-state index contributed by atoms with van der Waals surface area (Å²) in [5.74, 6) is -0.479. The van der Waals surface area contributed by atoms with Crippen LogP contribution in [0, 0.1) is 0 Å². The van der Waals surface area contributed by atoms with E-state index in [2.05, 4.69) is 5.32 Å². The minimum atomic E-state index is -4.38. The zero-order valence-corrected chi connectivity index (χ0v) is 13.7. The zero-order valence-electron chi connectivity index (χ0n) is 13.7. The second kappa shape index (κ2) is 7.38. The lowest BCUT2D eigenvalue weighted by Crippen LogP contribution is -2.26. The molecule has 1 N–H and O–H groups in total. The van der Waals surface area contributed by atoms with E-state index in [9.17, 15) is 22.8 Å². The molecule has 2 aromatic rings. The molecular weight excluding hydrogens is 333 g/mol. The Labute approximate surface area is 143 Å². The summed E-state index contributed by atoms with van der Waals surface area (Å²) >= 11 is 0. The summed E-state index contributed by atoms with van der Waals surface area (Å²) in [6.45, 7) is 1.57. The van der Waals surface area contributed by atoms with E-state index in [1.807, 2.05) is 0 Å². The van der Waals surface area contributed by atoms with Gasteiger partial charge in [0.1, 0.15) is 0 Å². The van der Waals surface area contributed by atoms with E-state index >= 15 is 0 Å². The van der Waals surface area contributed by atoms with E-state index in [1.165, 1.54) is 24.0 Å². The first-order valence-electron chi connectivity index (χ1n) is 7.46. The highest BCUT2D eigenvalue weighted by atomic mass is 19.4. The standard InChI is InChI=1S/C18H17F3N2O2/c1-12(24)22-16-9-5-14(6-10-16)17(25)23(2)11-13-3-7-15(8-4-13)18(19,20)21/h3-10H,11H2,1-2H3,(H,22,24). The summed E-state index contributed by atoms with van der Waals surface area (Å²) in [7, 11) is 1.57. The van der Waals surface area contributed by atoms with Crippen LogP contribution in [0.2, 0.25) is 0 Å². The molecule has 2 aromatic carbocycles. The number of anilines is 1. The van der Waals surface area contributed by atoms with Gasteiger partial charge in [-0.3, -0.25) is 9.59 Å². The second-order valence-electron chi connectivity index (χ2n) is 5.61. The number of hydrogen-bond acceptors (Lipinski definition) is 2. The Balaban J connectivity index is 2.03. The highest BCUT2D eigenvalue weighted by Gasteiger charge is 2.30. The maximum atomic E-state index is 12.6. The van der Waals surface area contributed by atoms with Gasteiger partial charge in [0, 0.05) is 31.8 Å². The molecule has 0 aromatic heterocycles. The van der Waals surface area contributed by atoms with Gasteiger partial charge in [-0.05, 0) is 42.0 Å². The molecule has 0 atom stereocenters. The first-order valence-corrected chi connectivity index (χ1v) is 7.46. The molecule has 0 saturated carbocycles. The van der Waals surface area contributed by atoms with Gasteiger partial charge < -0.3 is 10.2 Å². The average Bonchev–Trinajstić information content (AvgIpc) is 2.54. The zero-order chi connectivity index (χ0) is 18.6. The summed E-state index contributed by atoms with van der Waals surface area (Å²) in [5, 5.41) is 2.60. The van der Waals surface area contributed by atoms with Gasteiger partial charge in [0.15, 0.2) is 0 Å². The lowest BCUT2D eigenvalue weighted by Gasteiger charge is -2.18. The molecule has 0 unspecified atom stereocenters. The summed E-state index contributed by atoms with van der Waals surface area (Å²) in [6, 6.07) is 11.1. The normalized spacial score (nSPS) is 11.1. The molecule has 2 amide bonds. The van der Waals surface area contributed by atoms with Crippen LogP contribution in [0.3, 0.4) is 0 Å². The van der Waals surface area contributed by atoms with Crippen LogP contribution in [0.1, 0.15) is 28.4 Å². The van der Waals surface area contributed by atoms with Crippen molar-refractivity contribution in [2.75, 3.05) is 12.4 Å². The highest BCUT2D eigenvalue weighted by Crippen LogP contribution is 2.29. The predicted molar refractivity (Wildman–Crippen MR) is 88.0 cm³/mol. The maximum Gasteiger partial charge on any atom is 0.416 e. The van der Waals surface area contributed by atoms with Gasteiger partial charge in [-0.1, -0.05) is 12.1 Å². The maximum absolute atomic E-state index is 12.6. The van der Waals surface area contributed by atoms with Crippen molar-refractivity contribution < 1.29 is 22.8 Å². The van der Waals surface area contributed by atoms with Crippen LogP contribution in [-0.4, -0.2) is 23.8 Å². The molecule has 0 aliphatic heterocycles. The highest BCUT2D eigenvalue weighted by molar-refractivity contribution is 5.95. The van der Waals surface area contributed by atoms with E-state index in [0.29, 0.717) is 16.8 Å². The molecule has 0 aliphatic rings. The fourth-order valence-electron chi connectivity index (χ4n) is 2.26. The number of halogens is 3. The smallest absolute Gasteiger partial charge is 0.337 e. The summed E-state index contributed by atoms with van der Waals surface area (Å²) in [6.07, 6.45) is -4.38. The quantitative estimate of drug-likeness (QED) is 0.908. The van der Waals surface area contributed by atoms with Crippen molar-refractivity contribution in [1.82, 2.24) is 4.90 Å². The van der Waals surface area contributed by atoms with Gasteiger partial charge in [-0.15, -0.1) is 0 Å². The SMILES string of the molecule is CC(=O)Nc1ccc(C(=O)N(C)Cc2ccc(C(F)(F)F)cc2)cc1. The lowest BCUT2D eigenvalue weighted by atomic mass is 10.1. The van der Waals surface area contributed by atoms with Crippen molar-refractivity contribution in [3.8, 4) is 0 Å². The fraction of sp³-hybridized carbons (Fsp3) is 0.222. The van der Waals surface area contributed by atoms with E-state index < -0.39 is 11.7 Å². The van der Waals surface area contributed by atoms with E-state index in [0.717, 1.165) is 12.1 Å². The molecule has 0 aliphatic carbocycles. The van der Waals surface area contributed by atoms with E-state index in [4.69, 9.17) is 0 Å². The van der Waals surface area contributed by atoms with Crippen molar-refractivity contribution in [3.63, 3.8) is 0 Å². The topological polar surface area (TPSA) is 49.4 Å². The Bertz CT molecular complexity index is 753. The fourth-order valence-corrected chi connectivity index (χ4v) is 2.26. The Morgan fingerprint density at radius 1 is 1.00 bits per heavy atom. The van der Waals surface area contributed by atoms with E-state index in [-0.39, 0.29) is 18.4 Å². The minimum Gasteiger partial charge on any atom is -0.337 e. The van der Waals surface area contributed by atoms with Gasteiger partial charge in [0.25, 0.3) is 5.91 Å². The number of nitrogens with zero attached hydrogens (tertiary/aromatic N) is 1. The van der Waals surface area contributed by atoms with Crippen molar-refractivity contribution in [2.45, 2.75) is 19.6 Å². The number of rotatable bonds is 4. The molecule has 0 fully saturated rings. The molecule has 132 valence electrons. The van der Waals surface area contributed by atoms with Crippen LogP contribution >= 0.6 is 0 Å². The van der Waals surface area contributed by atoms with Crippen molar-refractivity contribution >= 4 is 17.5 Å². The third-order valence-electron chi connectivity index (χ3n) is 3.50. The number of hydrogen-bond donors (Lipinski definition) is 1. The minimum absolute atomic E-state index is 0.185. The summed E-state index contributed by atoms with van der Waals surface area (Å²) < 4.78 is 37.7. The summed E-state index contributed by atoms with van der Waals surface area (Å²) in [4.78, 5) is 24.8. The first-order chi connectivity index (χ1) is 11.7.